The van der Waals surface area contributed by atoms with Gasteiger partial charge in [0.05, 0.1) is 16.8 Å². The number of nitrogens with one attached hydrogen (secondary N) is 1. The quantitative estimate of drug-likeness (QED) is 0.389. The van der Waals surface area contributed by atoms with Gasteiger partial charge in [-0.1, -0.05) is 0 Å². The topological polar surface area (TPSA) is 136 Å². The van der Waals surface area contributed by atoms with E-state index in [1.807, 2.05) is 32.9 Å². The molecule has 0 bridgehead atoms. The van der Waals surface area contributed by atoms with Gasteiger partial charge in [0.15, 0.2) is 0 Å². The number of ether oxygens (including phenoxy) is 2. The van der Waals surface area contributed by atoms with Crippen molar-refractivity contribution in [2.75, 3.05) is 36.4 Å². The molecule has 0 radical (unpaired) electrons. The number of nitro benzene ring substituents is 1. The molecule has 1 aliphatic heterocycles. The Bertz CT molecular complexity index is 1200. The summed E-state index contributed by atoms with van der Waals surface area (Å²) in [4.78, 5) is 39.2. The number of aromatic nitrogens is 3. The summed E-state index contributed by atoms with van der Waals surface area (Å²) in [7, 11) is 0. The van der Waals surface area contributed by atoms with Crippen molar-refractivity contribution in [1.82, 2.24) is 19.9 Å². The SMILES string of the molecule is CC(C)(C)OC(=O)N1CCN(c2ccc(Nc3cc(Oc4ccc([N+](=O)[O-])cc4)ncn3)cn2)CC1. The van der Waals surface area contributed by atoms with E-state index in [0.717, 1.165) is 11.5 Å². The maximum absolute atomic E-state index is 12.3. The summed E-state index contributed by atoms with van der Waals surface area (Å²) in [6.07, 6.45) is 2.76. The molecule has 1 aromatic carbocycles. The van der Waals surface area contributed by atoms with Crippen LogP contribution in [0.4, 0.5) is 27.8 Å². The second kappa shape index (κ2) is 10.4. The van der Waals surface area contributed by atoms with E-state index in [4.69, 9.17) is 9.47 Å². The van der Waals surface area contributed by atoms with E-state index in [2.05, 4.69) is 25.2 Å². The van der Waals surface area contributed by atoms with E-state index < -0.39 is 10.5 Å². The number of hydrogen-bond donors (Lipinski definition) is 1. The molecule has 3 aromatic rings. The fourth-order valence-electron chi connectivity index (χ4n) is 3.46. The van der Waals surface area contributed by atoms with Crippen molar-refractivity contribution in [2.45, 2.75) is 26.4 Å². The van der Waals surface area contributed by atoms with Crippen molar-refractivity contribution >= 4 is 29.1 Å². The second-order valence-corrected chi connectivity index (χ2v) is 9.08. The van der Waals surface area contributed by atoms with Crippen LogP contribution in [0.1, 0.15) is 20.8 Å². The van der Waals surface area contributed by atoms with E-state index in [1.54, 1.807) is 17.2 Å². The first-order chi connectivity index (χ1) is 17.2. The lowest BCUT2D eigenvalue weighted by Gasteiger charge is -2.36. The molecule has 2 aromatic heterocycles. The van der Waals surface area contributed by atoms with E-state index in [-0.39, 0.29) is 17.7 Å². The monoisotopic (exact) mass is 493 g/mol. The Hall–Kier alpha value is -4.48. The molecule has 4 rings (SSSR count). The predicted molar refractivity (Wildman–Crippen MR) is 133 cm³/mol. The van der Waals surface area contributed by atoms with E-state index in [0.29, 0.717) is 37.7 Å². The minimum atomic E-state index is -0.514. The van der Waals surface area contributed by atoms with Gasteiger partial charge in [-0.3, -0.25) is 10.1 Å². The Kier molecular flexibility index (Phi) is 7.13. The predicted octanol–water partition coefficient (Wildman–Crippen LogP) is 4.37. The number of hydrogen-bond acceptors (Lipinski definition) is 10. The molecule has 1 aliphatic rings. The van der Waals surface area contributed by atoms with Crippen LogP contribution in [0.3, 0.4) is 0 Å². The lowest BCUT2D eigenvalue weighted by atomic mass is 10.2. The molecule has 12 nitrogen and oxygen atoms in total. The first-order valence-electron chi connectivity index (χ1n) is 11.4. The summed E-state index contributed by atoms with van der Waals surface area (Å²) in [5.41, 5.74) is 0.194. The number of nitrogens with zero attached hydrogens (tertiary/aromatic N) is 6. The number of carbonyl (C=O) groups is 1. The van der Waals surface area contributed by atoms with Crippen molar-refractivity contribution in [3.63, 3.8) is 0 Å². The highest BCUT2D eigenvalue weighted by molar-refractivity contribution is 5.68. The highest BCUT2D eigenvalue weighted by atomic mass is 16.6. The van der Waals surface area contributed by atoms with Gasteiger partial charge < -0.3 is 24.6 Å². The van der Waals surface area contributed by atoms with Gasteiger partial charge in [-0.2, -0.15) is 0 Å². The molecule has 0 aliphatic carbocycles. The van der Waals surface area contributed by atoms with E-state index in [9.17, 15) is 14.9 Å². The molecular formula is C24H27N7O5. The molecule has 1 fully saturated rings. The van der Waals surface area contributed by atoms with Crippen molar-refractivity contribution in [2.24, 2.45) is 0 Å². The van der Waals surface area contributed by atoms with Gasteiger partial charge in [0.25, 0.3) is 5.69 Å². The molecule has 36 heavy (non-hydrogen) atoms. The normalized spacial score (nSPS) is 13.8. The number of nitro groups is 1. The summed E-state index contributed by atoms with van der Waals surface area (Å²) in [5.74, 6) is 2.02. The molecule has 0 atom stereocenters. The van der Waals surface area contributed by atoms with Crippen LogP contribution in [0.15, 0.2) is 55.0 Å². The average molecular weight is 494 g/mol. The molecule has 0 spiro atoms. The van der Waals surface area contributed by atoms with Crippen LogP contribution in [0, 0.1) is 10.1 Å². The third-order valence-corrected chi connectivity index (χ3v) is 5.19. The Morgan fingerprint density at radius 3 is 2.36 bits per heavy atom. The van der Waals surface area contributed by atoms with Crippen molar-refractivity contribution in [1.29, 1.82) is 0 Å². The summed E-state index contributed by atoms with van der Waals surface area (Å²) in [6, 6.07) is 11.1. The summed E-state index contributed by atoms with van der Waals surface area (Å²) in [5, 5.41) is 13.9. The summed E-state index contributed by atoms with van der Waals surface area (Å²) < 4.78 is 11.1. The molecule has 1 saturated heterocycles. The number of piperazine rings is 1. The second-order valence-electron chi connectivity index (χ2n) is 9.08. The van der Waals surface area contributed by atoms with E-state index in [1.165, 1.54) is 30.6 Å². The number of non-ortho nitro benzene ring substituents is 1. The molecule has 12 heteroatoms. The van der Waals surface area contributed by atoms with Crippen molar-refractivity contribution in [3.05, 3.63) is 65.1 Å². The Morgan fingerprint density at radius 2 is 1.75 bits per heavy atom. The van der Waals surface area contributed by atoms with Crippen LogP contribution in [-0.2, 0) is 4.74 Å². The first kappa shape index (κ1) is 24.6. The zero-order valence-electron chi connectivity index (χ0n) is 20.2. The van der Waals surface area contributed by atoms with Gasteiger partial charge in [-0.15, -0.1) is 0 Å². The zero-order valence-corrected chi connectivity index (χ0v) is 20.2. The number of rotatable bonds is 6. The van der Waals surface area contributed by atoms with Crippen LogP contribution in [0.25, 0.3) is 0 Å². The van der Waals surface area contributed by atoms with Crippen molar-refractivity contribution in [3.8, 4) is 11.6 Å². The van der Waals surface area contributed by atoms with E-state index >= 15 is 0 Å². The number of anilines is 3. The number of carbonyl (C=O) groups excluding carboxylic acids is 1. The molecule has 1 N–H and O–H groups in total. The van der Waals surface area contributed by atoms with Gasteiger partial charge in [0, 0.05) is 44.4 Å². The number of amides is 1. The third-order valence-electron chi connectivity index (χ3n) is 5.19. The molecule has 3 heterocycles. The summed E-state index contributed by atoms with van der Waals surface area (Å²) in [6.45, 7) is 8.02. The fraction of sp³-hybridized carbons (Fsp3) is 0.333. The van der Waals surface area contributed by atoms with Gasteiger partial charge in [-0.05, 0) is 45.0 Å². The minimum absolute atomic E-state index is 0.0201. The molecule has 0 saturated carbocycles. The lowest BCUT2D eigenvalue weighted by Crippen LogP contribution is -2.50. The van der Waals surface area contributed by atoms with Crippen LogP contribution >= 0.6 is 0 Å². The molecule has 188 valence electrons. The Balaban J connectivity index is 1.32. The largest absolute Gasteiger partial charge is 0.444 e. The molecular weight excluding hydrogens is 466 g/mol. The smallest absolute Gasteiger partial charge is 0.410 e. The van der Waals surface area contributed by atoms with Gasteiger partial charge in [0.1, 0.15) is 29.3 Å². The standard InChI is InChI=1S/C24H27N7O5/c1-24(2,3)36-23(32)30-12-10-29(11-13-30)21-9-4-17(15-25-21)28-20-14-22(27-16-26-20)35-19-7-5-18(6-8-19)31(33)34/h4-9,14-16H,10-13H2,1-3H3,(H,26,27,28). The Labute approximate surface area is 208 Å². The number of pyridine rings is 1. The van der Waals surface area contributed by atoms with Crippen LogP contribution in [0.5, 0.6) is 11.6 Å². The van der Waals surface area contributed by atoms with Crippen LogP contribution < -0.4 is 15.0 Å². The average Bonchev–Trinajstić information content (AvgIpc) is 2.84. The third kappa shape index (κ3) is 6.56. The van der Waals surface area contributed by atoms with Crippen LogP contribution in [-0.4, -0.2) is 62.6 Å². The maximum Gasteiger partial charge on any atom is 0.410 e. The Morgan fingerprint density at radius 1 is 1.03 bits per heavy atom. The van der Waals surface area contributed by atoms with Crippen molar-refractivity contribution < 1.29 is 19.2 Å². The zero-order chi connectivity index (χ0) is 25.7. The lowest BCUT2D eigenvalue weighted by molar-refractivity contribution is -0.384. The van der Waals surface area contributed by atoms with Crippen LogP contribution in [0.2, 0.25) is 0 Å². The van der Waals surface area contributed by atoms with Gasteiger partial charge in [-0.25, -0.2) is 19.7 Å². The minimum Gasteiger partial charge on any atom is -0.444 e. The highest BCUT2D eigenvalue weighted by Crippen LogP contribution is 2.25. The molecule has 1 amide bonds. The van der Waals surface area contributed by atoms with Gasteiger partial charge >= 0.3 is 6.09 Å². The first-order valence-corrected chi connectivity index (χ1v) is 11.4. The number of benzene rings is 1. The molecule has 0 unspecified atom stereocenters. The fourth-order valence-corrected chi connectivity index (χ4v) is 3.46. The van der Waals surface area contributed by atoms with Gasteiger partial charge in [0.2, 0.25) is 5.88 Å². The highest BCUT2D eigenvalue weighted by Gasteiger charge is 2.26. The maximum atomic E-state index is 12.3. The summed E-state index contributed by atoms with van der Waals surface area (Å²) >= 11 is 0.